The van der Waals surface area contributed by atoms with E-state index < -0.39 is 0 Å². The molecule has 48 heavy (non-hydrogen) atoms. The van der Waals surface area contributed by atoms with Crippen molar-refractivity contribution in [2.24, 2.45) is 15.7 Å². The van der Waals surface area contributed by atoms with Gasteiger partial charge in [-0.2, -0.15) is 0 Å². The van der Waals surface area contributed by atoms with Gasteiger partial charge in [-0.25, -0.2) is 19.0 Å². The molecule has 2 fully saturated rings. The number of nitrogens with zero attached hydrogens (tertiary/aromatic N) is 8. The summed E-state index contributed by atoms with van der Waals surface area (Å²) < 4.78 is 3.87. The highest BCUT2D eigenvalue weighted by Crippen LogP contribution is 2.34. The molecule has 0 amide bonds. The van der Waals surface area contributed by atoms with Gasteiger partial charge in [-0.3, -0.25) is 5.41 Å². The van der Waals surface area contributed by atoms with Crippen molar-refractivity contribution in [3.8, 4) is 0 Å². The lowest BCUT2D eigenvalue weighted by atomic mass is 10.1. The molecule has 0 aromatic carbocycles. The summed E-state index contributed by atoms with van der Waals surface area (Å²) in [4.78, 5) is 15.0. The van der Waals surface area contributed by atoms with Gasteiger partial charge in [0.25, 0.3) is 0 Å². The Balaban J connectivity index is 1.23. The fraction of sp³-hybridized carbons (Fsp3) is 0.457. The van der Waals surface area contributed by atoms with Crippen LogP contribution < -0.4 is 21.7 Å². The average Bonchev–Trinajstić information content (AvgIpc) is 3.89. The number of pyridine rings is 2. The molecule has 3 aliphatic heterocycles. The molecule has 0 unspecified atom stereocenters. The number of aromatic nitrogens is 4. The lowest BCUT2D eigenvalue weighted by molar-refractivity contribution is 0.352. The predicted octanol–water partition coefficient (Wildman–Crippen LogP) is 4.46. The molecule has 0 aliphatic carbocycles. The van der Waals surface area contributed by atoms with E-state index in [0.717, 1.165) is 85.9 Å². The van der Waals surface area contributed by atoms with Crippen molar-refractivity contribution in [3.05, 3.63) is 58.6 Å². The standard InChI is InChI=1S/C35H47N13/c1-22-9-11-28-30(34(43-47(28)24(22)3)38-13-19-45-15-5-6-16-45)40-32-26(36)21-27(37)33(42-32)41-31-29-12-10-23(2)25(4)48(29)44-35(31)39-14-20-46-17-7-8-18-46/h9-12,21,36H,5-8,13-20,37H2,1-4H3,(H,38,43)(H,39,44)(H,40,41,42). The number of fused-ring (bicyclic) bond motifs is 2. The molecule has 0 saturated carbocycles. The van der Waals surface area contributed by atoms with Crippen LogP contribution in [0.2, 0.25) is 0 Å². The maximum atomic E-state index is 8.83. The lowest BCUT2D eigenvalue weighted by Gasteiger charge is -2.18. The molecule has 0 atom stereocenters. The van der Waals surface area contributed by atoms with Gasteiger partial charge in [0, 0.05) is 37.6 Å². The minimum atomic E-state index is 0.174. The van der Waals surface area contributed by atoms with Crippen molar-refractivity contribution in [3.63, 3.8) is 0 Å². The molecule has 7 rings (SSSR count). The van der Waals surface area contributed by atoms with E-state index >= 15 is 0 Å². The van der Waals surface area contributed by atoms with Gasteiger partial charge in [0.15, 0.2) is 23.3 Å². The molecule has 6 N–H and O–H groups in total. The maximum absolute atomic E-state index is 8.83. The number of aliphatic imine (C=N–C) groups is 2. The summed E-state index contributed by atoms with van der Waals surface area (Å²) in [5, 5.41) is 29.1. The first kappa shape index (κ1) is 31.8. The monoisotopic (exact) mass is 649 g/mol. The number of likely N-dealkylation sites (tertiary alicyclic amines) is 2. The minimum Gasteiger partial charge on any atom is -0.396 e. The van der Waals surface area contributed by atoms with Gasteiger partial charge < -0.3 is 31.5 Å². The molecule has 2 saturated heterocycles. The van der Waals surface area contributed by atoms with E-state index in [-0.39, 0.29) is 5.71 Å². The Labute approximate surface area is 281 Å². The number of hydrogen-bond donors (Lipinski definition) is 5. The second kappa shape index (κ2) is 13.4. The average molecular weight is 650 g/mol. The van der Waals surface area contributed by atoms with Crippen molar-refractivity contribution >= 4 is 51.4 Å². The van der Waals surface area contributed by atoms with E-state index in [1.807, 2.05) is 21.2 Å². The number of aryl methyl sites for hydroxylation is 4. The first-order chi connectivity index (χ1) is 23.3. The Hall–Kier alpha value is -4.75. The van der Waals surface area contributed by atoms with Crippen LogP contribution in [0.3, 0.4) is 0 Å². The zero-order valence-electron chi connectivity index (χ0n) is 28.5. The van der Waals surface area contributed by atoms with E-state index in [9.17, 15) is 0 Å². The zero-order valence-corrected chi connectivity index (χ0v) is 28.5. The molecule has 13 nitrogen and oxygen atoms in total. The molecule has 4 aromatic rings. The summed E-state index contributed by atoms with van der Waals surface area (Å²) in [6, 6.07) is 8.26. The van der Waals surface area contributed by atoms with Crippen LogP contribution in [0.25, 0.3) is 11.0 Å². The van der Waals surface area contributed by atoms with Crippen molar-refractivity contribution in [2.75, 3.05) is 63.0 Å². The molecule has 13 heteroatoms. The van der Waals surface area contributed by atoms with E-state index in [1.54, 1.807) is 6.08 Å². The first-order valence-corrected chi connectivity index (χ1v) is 17.2. The third-order valence-corrected chi connectivity index (χ3v) is 9.90. The number of amidine groups is 2. The van der Waals surface area contributed by atoms with Gasteiger partial charge in [-0.1, -0.05) is 12.1 Å². The third-order valence-electron chi connectivity index (χ3n) is 9.90. The van der Waals surface area contributed by atoms with Crippen LogP contribution in [0, 0.1) is 33.1 Å². The summed E-state index contributed by atoms with van der Waals surface area (Å²) in [5.74, 6) is 2.16. The van der Waals surface area contributed by atoms with Crippen LogP contribution in [0.1, 0.15) is 48.2 Å². The summed E-state index contributed by atoms with van der Waals surface area (Å²) in [7, 11) is 0. The molecule has 0 radical (unpaired) electrons. The number of anilines is 2. The van der Waals surface area contributed by atoms with E-state index in [2.05, 4.69) is 65.6 Å². The predicted molar refractivity (Wildman–Crippen MR) is 195 cm³/mol. The summed E-state index contributed by atoms with van der Waals surface area (Å²) in [6.45, 7) is 16.3. The van der Waals surface area contributed by atoms with Crippen molar-refractivity contribution < 1.29 is 0 Å². The minimum absolute atomic E-state index is 0.174. The quantitative estimate of drug-likeness (QED) is 0.169. The van der Waals surface area contributed by atoms with Gasteiger partial charge in [0.2, 0.25) is 0 Å². The second-order valence-corrected chi connectivity index (χ2v) is 13.2. The third kappa shape index (κ3) is 6.27. The molecule has 0 bridgehead atoms. The van der Waals surface area contributed by atoms with Crippen LogP contribution >= 0.6 is 0 Å². The Morgan fingerprint density at radius 1 is 0.729 bits per heavy atom. The van der Waals surface area contributed by atoms with Crippen LogP contribution in [0.5, 0.6) is 0 Å². The van der Waals surface area contributed by atoms with Gasteiger partial charge in [0.1, 0.15) is 11.4 Å². The Morgan fingerprint density at radius 3 is 1.67 bits per heavy atom. The van der Waals surface area contributed by atoms with E-state index in [0.29, 0.717) is 40.4 Å². The topological polar surface area (TPSA) is 152 Å². The summed E-state index contributed by atoms with van der Waals surface area (Å²) in [6.07, 6.45) is 6.63. The SMILES string of the molecule is Cc1ccc2c(N=C3NC(=Nc4c(NCCN5CCCC5)nn5c(C)c(C)ccc45)C(N)=CC3=N)c(NCCN3CCCC3)nn2c1C. The molecule has 3 aliphatic rings. The first-order valence-electron chi connectivity index (χ1n) is 17.2. The summed E-state index contributed by atoms with van der Waals surface area (Å²) >= 11 is 0. The van der Waals surface area contributed by atoms with Crippen LogP contribution in [0.15, 0.2) is 46.0 Å². The van der Waals surface area contributed by atoms with Crippen molar-refractivity contribution in [2.45, 2.75) is 53.4 Å². The molecule has 4 aromatic heterocycles. The van der Waals surface area contributed by atoms with Crippen molar-refractivity contribution in [1.29, 1.82) is 5.41 Å². The van der Waals surface area contributed by atoms with Crippen LogP contribution in [-0.2, 0) is 0 Å². The highest BCUT2D eigenvalue weighted by molar-refractivity contribution is 6.50. The highest BCUT2D eigenvalue weighted by atomic mass is 15.3. The lowest BCUT2D eigenvalue weighted by Crippen LogP contribution is -2.42. The van der Waals surface area contributed by atoms with Gasteiger partial charge >= 0.3 is 0 Å². The Kier molecular flexibility index (Phi) is 8.88. The van der Waals surface area contributed by atoms with Crippen LogP contribution in [-0.4, -0.2) is 98.8 Å². The number of nitrogens with one attached hydrogen (secondary N) is 4. The second-order valence-electron chi connectivity index (χ2n) is 13.2. The van der Waals surface area contributed by atoms with Crippen molar-refractivity contribution in [1.82, 2.24) is 34.3 Å². The smallest absolute Gasteiger partial charge is 0.175 e. The number of rotatable bonds is 10. The molecular weight excluding hydrogens is 602 g/mol. The van der Waals surface area contributed by atoms with Crippen LogP contribution in [0.4, 0.5) is 23.0 Å². The number of hydrogen-bond acceptors (Lipinski definition) is 10. The molecule has 0 spiro atoms. The zero-order chi connectivity index (χ0) is 33.4. The normalized spacial score (nSPS) is 19.2. The molecular formula is C35H47N13. The van der Waals surface area contributed by atoms with Gasteiger partial charge in [0.05, 0.1) is 22.4 Å². The summed E-state index contributed by atoms with van der Waals surface area (Å²) in [5.41, 5.74) is 14.5. The fourth-order valence-electron chi connectivity index (χ4n) is 6.72. The Morgan fingerprint density at radius 2 is 1.19 bits per heavy atom. The van der Waals surface area contributed by atoms with E-state index in [4.69, 9.17) is 31.3 Å². The number of nitrogens with two attached hydrogens (primary N) is 1. The molecule has 7 heterocycles. The molecule has 252 valence electrons. The largest absolute Gasteiger partial charge is 0.396 e. The van der Waals surface area contributed by atoms with Gasteiger partial charge in [-0.15, -0.1) is 10.2 Å². The van der Waals surface area contributed by atoms with E-state index in [1.165, 1.54) is 25.7 Å². The highest BCUT2D eigenvalue weighted by Gasteiger charge is 2.24. The maximum Gasteiger partial charge on any atom is 0.175 e. The van der Waals surface area contributed by atoms with Gasteiger partial charge in [-0.05, 0) is 109 Å². The fourth-order valence-corrected chi connectivity index (χ4v) is 6.72. The Bertz CT molecular complexity index is 1950.